The number of nitrogens with zero attached hydrogens (tertiary/aromatic N) is 1. The van der Waals surface area contributed by atoms with Gasteiger partial charge in [-0.3, -0.25) is 16.3 Å². The minimum absolute atomic E-state index is 0.0930. The molecule has 0 fully saturated rings. The molecule has 2 rings (SSSR count). The van der Waals surface area contributed by atoms with E-state index in [1.165, 1.54) is 16.7 Å². The number of hydrogen-bond donors (Lipinski definition) is 2. The van der Waals surface area contributed by atoms with Crippen LogP contribution in [0.25, 0.3) is 0 Å². The molecular weight excluding hydrogens is 302 g/mol. The number of aromatic nitrogens is 1. The number of benzene rings is 1. The number of nitrogens with one attached hydrogen (secondary N) is 1. The van der Waals surface area contributed by atoms with Crippen molar-refractivity contribution in [2.24, 2.45) is 5.84 Å². The average Bonchev–Trinajstić information content (AvgIpc) is 2.39. The van der Waals surface area contributed by atoms with Crippen LogP contribution < -0.4 is 11.3 Å². The van der Waals surface area contributed by atoms with Gasteiger partial charge in [-0.15, -0.1) is 0 Å². The Morgan fingerprint density at radius 2 is 2.00 bits per heavy atom. The minimum atomic E-state index is 0.0930. The second-order valence-corrected chi connectivity index (χ2v) is 5.69. The lowest BCUT2D eigenvalue weighted by Crippen LogP contribution is -2.29. The highest BCUT2D eigenvalue weighted by Crippen LogP contribution is 2.21. The van der Waals surface area contributed by atoms with Crippen molar-refractivity contribution < 1.29 is 0 Å². The number of pyridine rings is 1. The third-order valence-corrected chi connectivity index (χ3v) is 3.77. The van der Waals surface area contributed by atoms with Crippen LogP contribution >= 0.6 is 15.9 Å². The molecule has 0 amide bonds. The van der Waals surface area contributed by atoms with Crippen molar-refractivity contribution in [3.8, 4) is 0 Å². The van der Waals surface area contributed by atoms with Crippen molar-refractivity contribution in [3.63, 3.8) is 0 Å². The summed E-state index contributed by atoms with van der Waals surface area (Å²) in [6.07, 6.45) is 4.46. The van der Waals surface area contributed by atoms with E-state index in [9.17, 15) is 0 Å². The zero-order chi connectivity index (χ0) is 13.8. The molecule has 1 unspecified atom stereocenters. The van der Waals surface area contributed by atoms with Crippen LogP contribution in [0.15, 0.2) is 41.1 Å². The third-order valence-electron chi connectivity index (χ3n) is 3.34. The summed E-state index contributed by atoms with van der Waals surface area (Å²) in [6, 6.07) is 8.60. The van der Waals surface area contributed by atoms with Gasteiger partial charge in [0.15, 0.2) is 0 Å². The van der Waals surface area contributed by atoms with Gasteiger partial charge in [-0.25, -0.2) is 0 Å². The van der Waals surface area contributed by atoms with Crippen molar-refractivity contribution in [2.75, 3.05) is 0 Å². The molecule has 19 heavy (non-hydrogen) atoms. The van der Waals surface area contributed by atoms with Gasteiger partial charge in [-0.05, 0) is 64.5 Å². The van der Waals surface area contributed by atoms with Crippen LogP contribution in [0.5, 0.6) is 0 Å². The van der Waals surface area contributed by atoms with Gasteiger partial charge in [0.25, 0.3) is 0 Å². The predicted molar refractivity (Wildman–Crippen MR) is 81.6 cm³/mol. The maximum absolute atomic E-state index is 5.70. The monoisotopic (exact) mass is 319 g/mol. The van der Waals surface area contributed by atoms with E-state index in [1.807, 2.05) is 6.20 Å². The van der Waals surface area contributed by atoms with Crippen LogP contribution in [0, 0.1) is 13.8 Å². The molecule has 1 aromatic carbocycles. The number of hydrazine groups is 1. The Morgan fingerprint density at radius 3 is 2.63 bits per heavy atom. The second kappa shape index (κ2) is 6.28. The molecule has 0 aliphatic carbocycles. The van der Waals surface area contributed by atoms with Gasteiger partial charge in [-0.2, -0.15) is 0 Å². The first kappa shape index (κ1) is 14.2. The molecule has 0 radical (unpaired) electrons. The standard InChI is InChI=1S/C15H18BrN3/c1-10-3-4-13(5-11(10)2)15(19-17)7-12-6-14(16)9-18-8-12/h3-6,8-9,15,19H,7,17H2,1-2H3. The van der Waals surface area contributed by atoms with Crippen molar-refractivity contribution in [1.82, 2.24) is 10.4 Å². The maximum atomic E-state index is 5.70. The zero-order valence-corrected chi connectivity index (χ0v) is 12.7. The van der Waals surface area contributed by atoms with Crippen molar-refractivity contribution >= 4 is 15.9 Å². The topological polar surface area (TPSA) is 50.9 Å². The van der Waals surface area contributed by atoms with Crippen LogP contribution in [0.2, 0.25) is 0 Å². The van der Waals surface area contributed by atoms with Gasteiger partial charge < -0.3 is 0 Å². The van der Waals surface area contributed by atoms with Gasteiger partial charge in [0.2, 0.25) is 0 Å². The van der Waals surface area contributed by atoms with Gasteiger partial charge in [-0.1, -0.05) is 18.2 Å². The highest BCUT2D eigenvalue weighted by Gasteiger charge is 2.11. The molecule has 0 aliphatic rings. The second-order valence-electron chi connectivity index (χ2n) is 4.78. The molecule has 3 N–H and O–H groups in total. The third kappa shape index (κ3) is 3.62. The molecule has 2 aromatic rings. The van der Waals surface area contributed by atoms with E-state index < -0.39 is 0 Å². The molecule has 1 heterocycles. The molecule has 100 valence electrons. The Labute approximate surface area is 122 Å². The van der Waals surface area contributed by atoms with Crippen molar-refractivity contribution in [1.29, 1.82) is 0 Å². The minimum Gasteiger partial charge on any atom is -0.271 e. The molecule has 0 saturated heterocycles. The summed E-state index contributed by atoms with van der Waals surface area (Å²) >= 11 is 3.44. The maximum Gasteiger partial charge on any atom is 0.0500 e. The van der Waals surface area contributed by atoms with Crippen LogP contribution in [0.3, 0.4) is 0 Å². The van der Waals surface area contributed by atoms with Gasteiger partial charge >= 0.3 is 0 Å². The summed E-state index contributed by atoms with van der Waals surface area (Å²) in [6.45, 7) is 4.23. The molecule has 0 bridgehead atoms. The molecule has 0 saturated carbocycles. The summed E-state index contributed by atoms with van der Waals surface area (Å²) in [4.78, 5) is 4.18. The fourth-order valence-corrected chi connectivity index (χ4v) is 2.47. The lowest BCUT2D eigenvalue weighted by molar-refractivity contribution is 0.550. The molecule has 1 atom stereocenters. The first-order valence-corrected chi connectivity index (χ1v) is 7.02. The fourth-order valence-electron chi connectivity index (χ4n) is 2.06. The lowest BCUT2D eigenvalue weighted by Gasteiger charge is -2.17. The summed E-state index contributed by atoms with van der Waals surface area (Å²) < 4.78 is 0.987. The zero-order valence-electron chi connectivity index (χ0n) is 11.2. The number of nitrogens with two attached hydrogens (primary N) is 1. The Hall–Kier alpha value is -1.23. The normalized spacial score (nSPS) is 12.4. The Kier molecular flexibility index (Phi) is 4.69. The van der Waals surface area contributed by atoms with Gasteiger partial charge in [0, 0.05) is 16.9 Å². The molecular formula is C15H18BrN3. The molecule has 1 aromatic heterocycles. The Balaban J connectivity index is 2.22. The van der Waals surface area contributed by atoms with Gasteiger partial charge in [0.05, 0.1) is 6.04 Å². The number of halogens is 1. The molecule has 3 nitrogen and oxygen atoms in total. The van der Waals surface area contributed by atoms with Crippen LogP contribution in [0.4, 0.5) is 0 Å². The highest BCUT2D eigenvalue weighted by molar-refractivity contribution is 9.10. The van der Waals surface area contributed by atoms with E-state index in [0.29, 0.717) is 0 Å². The Morgan fingerprint density at radius 1 is 1.21 bits per heavy atom. The first-order chi connectivity index (χ1) is 9.10. The van der Waals surface area contributed by atoms with Gasteiger partial charge in [0.1, 0.15) is 0 Å². The van der Waals surface area contributed by atoms with Crippen molar-refractivity contribution in [2.45, 2.75) is 26.3 Å². The van der Waals surface area contributed by atoms with E-state index in [-0.39, 0.29) is 6.04 Å². The summed E-state index contributed by atoms with van der Waals surface area (Å²) in [5, 5.41) is 0. The summed E-state index contributed by atoms with van der Waals surface area (Å²) in [7, 11) is 0. The van der Waals surface area contributed by atoms with E-state index in [2.05, 4.69) is 64.5 Å². The number of hydrogen-bond acceptors (Lipinski definition) is 3. The SMILES string of the molecule is Cc1ccc(C(Cc2cncc(Br)c2)NN)cc1C. The van der Waals surface area contributed by atoms with Crippen molar-refractivity contribution in [3.05, 3.63) is 63.4 Å². The molecule has 4 heteroatoms. The first-order valence-electron chi connectivity index (χ1n) is 6.23. The van der Waals surface area contributed by atoms with E-state index in [4.69, 9.17) is 5.84 Å². The molecule has 0 aliphatic heterocycles. The molecule has 0 spiro atoms. The highest BCUT2D eigenvalue weighted by atomic mass is 79.9. The van der Waals surface area contributed by atoms with Crippen LogP contribution in [-0.2, 0) is 6.42 Å². The van der Waals surface area contributed by atoms with E-state index >= 15 is 0 Å². The number of rotatable bonds is 4. The lowest BCUT2D eigenvalue weighted by atomic mass is 9.97. The fraction of sp³-hybridized carbons (Fsp3) is 0.267. The predicted octanol–water partition coefficient (Wildman–Crippen LogP) is 3.21. The van der Waals surface area contributed by atoms with E-state index in [0.717, 1.165) is 16.5 Å². The summed E-state index contributed by atoms with van der Waals surface area (Å²) in [5.74, 6) is 5.70. The number of aryl methyl sites for hydroxylation is 2. The van der Waals surface area contributed by atoms with Crippen LogP contribution in [-0.4, -0.2) is 4.98 Å². The van der Waals surface area contributed by atoms with E-state index in [1.54, 1.807) is 6.20 Å². The summed E-state index contributed by atoms with van der Waals surface area (Å²) in [5.41, 5.74) is 7.82. The average molecular weight is 320 g/mol. The van der Waals surface area contributed by atoms with Crippen LogP contribution in [0.1, 0.15) is 28.3 Å². The smallest absolute Gasteiger partial charge is 0.0500 e. The largest absolute Gasteiger partial charge is 0.271 e. The Bertz CT molecular complexity index is 569. The quantitative estimate of drug-likeness (QED) is 0.672.